The smallest absolute Gasteiger partial charge is 0.209 e. The number of thioether (sulfide) groups is 2. The van der Waals surface area contributed by atoms with E-state index in [4.69, 9.17) is 0 Å². The van der Waals surface area contributed by atoms with Gasteiger partial charge in [-0.3, -0.25) is 0 Å². The van der Waals surface area contributed by atoms with Gasteiger partial charge in [0.2, 0.25) is 11.8 Å². The molecule has 4 rings (SSSR count). The molecule has 2 N–H and O–H groups in total. The summed E-state index contributed by atoms with van der Waals surface area (Å²) in [6.07, 6.45) is 4.09. The summed E-state index contributed by atoms with van der Waals surface area (Å²) in [5.74, 6) is 0.359. The molecule has 0 aliphatic heterocycles. The second kappa shape index (κ2) is 9.77. The molecule has 0 fully saturated rings. The molecule has 0 saturated carbocycles. The first-order valence-electron chi connectivity index (χ1n) is 9.16. The zero-order valence-electron chi connectivity index (χ0n) is 17.3. The Balaban J connectivity index is 0.000000171. The average molecular weight is 441 g/mol. The third-order valence-corrected chi connectivity index (χ3v) is 5.97. The minimum absolute atomic E-state index is 0.180. The normalized spacial score (nSPS) is 10.5. The number of benzene rings is 2. The van der Waals surface area contributed by atoms with Crippen molar-refractivity contribution in [1.82, 2.24) is 19.6 Å². The van der Waals surface area contributed by atoms with Crippen molar-refractivity contribution in [3.8, 4) is 34.3 Å². The Kier molecular flexibility index (Phi) is 7.12. The number of aromatic hydroxyl groups is 2. The van der Waals surface area contributed by atoms with Crippen molar-refractivity contribution in [2.45, 2.75) is 9.79 Å². The van der Waals surface area contributed by atoms with E-state index in [1.807, 2.05) is 61.0 Å². The highest BCUT2D eigenvalue weighted by Crippen LogP contribution is 2.25. The molecule has 0 radical (unpaired) electrons. The van der Waals surface area contributed by atoms with Crippen LogP contribution in [0.4, 0.5) is 0 Å². The highest BCUT2D eigenvalue weighted by molar-refractivity contribution is 7.98. The van der Waals surface area contributed by atoms with Gasteiger partial charge in [0.15, 0.2) is 0 Å². The first-order valence-corrected chi connectivity index (χ1v) is 11.6. The average Bonchev–Trinajstić information content (AvgIpc) is 3.29. The minimum Gasteiger partial charge on any atom is -0.493 e. The van der Waals surface area contributed by atoms with Crippen molar-refractivity contribution in [3.63, 3.8) is 0 Å². The van der Waals surface area contributed by atoms with Gasteiger partial charge in [0.25, 0.3) is 0 Å². The van der Waals surface area contributed by atoms with Crippen LogP contribution in [0.25, 0.3) is 22.5 Å². The van der Waals surface area contributed by atoms with Gasteiger partial charge in [-0.2, -0.15) is 10.2 Å². The van der Waals surface area contributed by atoms with Gasteiger partial charge in [-0.25, -0.2) is 9.36 Å². The number of aryl methyl sites for hydroxylation is 2. The lowest BCUT2D eigenvalue weighted by Gasteiger charge is -1.98. The van der Waals surface area contributed by atoms with Crippen LogP contribution in [0.5, 0.6) is 11.8 Å². The molecule has 8 heteroatoms. The fraction of sp³-hybridized carbons (Fsp3) is 0.182. The van der Waals surface area contributed by atoms with Crippen LogP contribution in [0.15, 0.2) is 70.5 Å². The molecule has 0 spiro atoms. The summed E-state index contributed by atoms with van der Waals surface area (Å²) in [6.45, 7) is 0. The van der Waals surface area contributed by atoms with Gasteiger partial charge in [-0.15, -0.1) is 23.5 Å². The zero-order chi connectivity index (χ0) is 21.7. The second-order valence-electron chi connectivity index (χ2n) is 6.48. The van der Waals surface area contributed by atoms with E-state index in [9.17, 15) is 10.2 Å². The van der Waals surface area contributed by atoms with E-state index in [2.05, 4.69) is 10.2 Å². The molecule has 30 heavy (non-hydrogen) atoms. The lowest BCUT2D eigenvalue weighted by atomic mass is 10.2. The summed E-state index contributed by atoms with van der Waals surface area (Å²) in [5.41, 5.74) is 3.62. The fourth-order valence-corrected chi connectivity index (χ4v) is 3.54. The zero-order valence-corrected chi connectivity index (χ0v) is 18.9. The van der Waals surface area contributed by atoms with Crippen molar-refractivity contribution >= 4 is 23.5 Å². The van der Waals surface area contributed by atoms with Crippen molar-refractivity contribution < 1.29 is 10.2 Å². The van der Waals surface area contributed by atoms with Crippen LogP contribution in [0.3, 0.4) is 0 Å². The molecule has 0 bridgehead atoms. The van der Waals surface area contributed by atoms with E-state index in [1.165, 1.54) is 19.2 Å². The number of rotatable bonds is 4. The molecule has 0 unspecified atom stereocenters. The Morgan fingerprint density at radius 1 is 0.633 bits per heavy atom. The molecule has 0 atom stereocenters. The van der Waals surface area contributed by atoms with Crippen molar-refractivity contribution in [1.29, 1.82) is 0 Å². The lowest BCUT2D eigenvalue weighted by molar-refractivity contribution is 0.419. The van der Waals surface area contributed by atoms with E-state index in [1.54, 1.807) is 49.8 Å². The fourth-order valence-electron chi connectivity index (χ4n) is 2.72. The van der Waals surface area contributed by atoms with E-state index in [0.717, 1.165) is 22.5 Å². The Morgan fingerprint density at radius 2 is 0.967 bits per heavy atom. The summed E-state index contributed by atoms with van der Waals surface area (Å²) < 4.78 is 2.91. The lowest BCUT2D eigenvalue weighted by Crippen LogP contribution is -1.89. The Morgan fingerprint density at radius 3 is 1.20 bits per heavy atom. The molecule has 0 aliphatic carbocycles. The van der Waals surface area contributed by atoms with E-state index < -0.39 is 0 Å². The first kappa shape index (κ1) is 21.9. The molecular weight excluding hydrogens is 416 g/mol. The van der Waals surface area contributed by atoms with E-state index in [0.29, 0.717) is 0 Å². The summed E-state index contributed by atoms with van der Waals surface area (Å²) >= 11 is 3.41. The van der Waals surface area contributed by atoms with Gasteiger partial charge in [0.05, 0.1) is 11.4 Å². The largest absolute Gasteiger partial charge is 0.493 e. The van der Waals surface area contributed by atoms with Gasteiger partial charge in [0.1, 0.15) is 0 Å². The SMILES string of the molecule is CSc1ccc(-c2cc(O)n(C)n2)cc1.CSc1ccc(-c2cc(O)n(C)n2)cc1. The molecule has 156 valence electrons. The number of hydrogen-bond acceptors (Lipinski definition) is 6. The molecule has 2 heterocycles. The summed E-state index contributed by atoms with van der Waals surface area (Å²) in [5, 5.41) is 27.2. The van der Waals surface area contributed by atoms with Crippen molar-refractivity contribution in [2.24, 2.45) is 14.1 Å². The maximum absolute atomic E-state index is 9.40. The van der Waals surface area contributed by atoms with Crippen LogP contribution >= 0.6 is 23.5 Å². The molecule has 0 amide bonds. The molecule has 6 nitrogen and oxygen atoms in total. The van der Waals surface area contributed by atoms with Crippen LogP contribution in [0.2, 0.25) is 0 Å². The highest BCUT2D eigenvalue weighted by atomic mass is 32.2. The monoisotopic (exact) mass is 440 g/mol. The van der Waals surface area contributed by atoms with Crippen molar-refractivity contribution in [2.75, 3.05) is 12.5 Å². The third kappa shape index (κ3) is 5.20. The molecule has 0 aliphatic rings. The van der Waals surface area contributed by atoms with Gasteiger partial charge in [-0.05, 0) is 36.8 Å². The maximum Gasteiger partial charge on any atom is 0.209 e. The van der Waals surface area contributed by atoms with Gasteiger partial charge in [-0.1, -0.05) is 24.3 Å². The number of hydrogen-bond donors (Lipinski definition) is 2. The molecule has 2 aromatic carbocycles. The van der Waals surface area contributed by atoms with Gasteiger partial charge < -0.3 is 10.2 Å². The second-order valence-corrected chi connectivity index (χ2v) is 8.24. The van der Waals surface area contributed by atoms with Crippen molar-refractivity contribution in [3.05, 3.63) is 60.7 Å². The summed E-state index contributed by atoms with van der Waals surface area (Å²) in [7, 11) is 3.43. The predicted octanol–water partition coefficient (Wildman–Crippen LogP) is 5.03. The number of nitrogens with zero attached hydrogens (tertiary/aromatic N) is 4. The Labute approximate surface area is 184 Å². The minimum atomic E-state index is 0.180. The van der Waals surface area contributed by atoms with Crippen LogP contribution in [-0.4, -0.2) is 42.3 Å². The molecule has 4 aromatic rings. The topological polar surface area (TPSA) is 76.1 Å². The maximum atomic E-state index is 9.40. The molecule has 0 saturated heterocycles. The van der Waals surface area contributed by atoms with Crippen LogP contribution < -0.4 is 0 Å². The standard InChI is InChI=1S/2C11H12N2OS/c2*1-13-11(14)7-10(12-13)8-3-5-9(15-2)6-4-8/h2*3-7,14H,1-2H3. The Hall–Kier alpha value is -2.84. The number of aromatic nitrogens is 4. The van der Waals surface area contributed by atoms with E-state index in [-0.39, 0.29) is 11.8 Å². The first-order chi connectivity index (χ1) is 14.4. The molecule has 2 aromatic heterocycles. The summed E-state index contributed by atoms with van der Waals surface area (Å²) in [6, 6.07) is 19.5. The van der Waals surface area contributed by atoms with Gasteiger partial charge >= 0.3 is 0 Å². The molecular formula is C22H24N4O2S2. The van der Waals surface area contributed by atoms with Gasteiger partial charge in [0, 0.05) is 47.1 Å². The van der Waals surface area contributed by atoms with Crippen LogP contribution in [-0.2, 0) is 14.1 Å². The van der Waals surface area contributed by atoms with Crippen LogP contribution in [0, 0.1) is 0 Å². The quantitative estimate of drug-likeness (QED) is 0.434. The Bertz CT molecular complexity index is 975. The van der Waals surface area contributed by atoms with Crippen LogP contribution in [0.1, 0.15) is 0 Å². The summed E-state index contributed by atoms with van der Waals surface area (Å²) in [4.78, 5) is 2.44. The highest BCUT2D eigenvalue weighted by Gasteiger charge is 2.06. The van der Waals surface area contributed by atoms with E-state index >= 15 is 0 Å². The third-order valence-electron chi connectivity index (χ3n) is 4.48. The predicted molar refractivity (Wildman–Crippen MR) is 124 cm³/mol.